The number of aromatic nitrogens is 6. The van der Waals surface area contributed by atoms with Crippen LogP contribution in [0.3, 0.4) is 0 Å². The molecule has 0 amide bonds. The van der Waals surface area contributed by atoms with E-state index in [-0.39, 0.29) is 11.6 Å². The molecule has 0 bridgehead atoms. The predicted molar refractivity (Wildman–Crippen MR) is 98.5 cm³/mol. The normalized spacial score (nSPS) is 12.1. The van der Waals surface area contributed by atoms with Crippen LogP contribution in [0, 0.1) is 5.82 Å². The quantitative estimate of drug-likeness (QED) is 0.436. The van der Waals surface area contributed by atoms with Gasteiger partial charge in [0.2, 0.25) is 0 Å². The van der Waals surface area contributed by atoms with Gasteiger partial charge in [0.15, 0.2) is 23.5 Å². The third-order valence-electron chi connectivity index (χ3n) is 3.77. The van der Waals surface area contributed by atoms with Crippen LogP contribution in [0.4, 0.5) is 4.39 Å². The average molecular weight is 398 g/mol. The molecule has 28 heavy (non-hydrogen) atoms. The zero-order valence-electron chi connectivity index (χ0n) is 14.8. The SMILES string of the molecule is C[C@H](Oc1ccccc1F)c1nnc(SCc2nnnn2-c2ccccc2)o1. The second-order valence-electron chi connectivity index (χ2n) is 5.73. The molecule has 2 aromatic heterocycles. The number of para-hydroxylation sites is 2. The van der Waals surface area contributed by atoms with E-state index in [2.05, 4.69) is 25.7 Å². The van der Waals surface area contributed by atoms with Crippen LogP contribution in [0.15, 0.2) is 64.2 Å². The molecule has 4 rings (SSSR count). The Kier molecular flexibility index (Phi) is 5.29. The molecule has 4 aromatic rings. The summed E-state index contributed by atoms with van der Waals surface area (Å²) < 4.78 is 26.5. The van der Waals surface area contributed by atoms with Gasteiger partial charge in [-0.2, -0.15) is 4.68 Å². The van der Waals surface area contributed by atoms with E-state index >= 15 is 0 Å². The Bertz CT molecular complexity index is 1050. The summed E-state index contributed by atoms with van der Waals surface area (Å²) in [5, 5.41) is 20.1. The molecular formula is C18H15FN6O2S. The number of halogens is 1. The van der Waals surface area contributed by atoms with Gasteiger partial charge in [-0.15, -0.1) is 15.3 Å². The van der Waals surface area contributed by atoms with Gasteiger partial charge in [-0.05, 0) is 41.6 Å². The molecule has 0 saturated carbocycles. The van der Waals surface area contributed by atoms with Crippen molar-refractivity contribution in [2.75, 3.05) is 0 Å². The van der Waals surface area contributed by atoms with Gasteiger partial charge in [-0.3, -0.25) is 0 Å². The van der Waals surface area contributed by atoms with E-state index in [0.717, 1.165) is 5.69 Å². The van der Waals surface area contributed by atoms with Crippen molar-refractivity contribution in [3.8, 4) is 11.4 Å². The first-order chi connectivity index (χ1) is 13.7. The smallest absolute Gasteiger partial charge is 0.277 e. The topological polar surface area (TPSA) is 91.8 Å². The minimum Gasteiger partial charge on any atom is -0.478 e. The highest BCUT2D eigenvalue weighted by Gasteiger charge is 2.18. The van der Waals surface area contributed by atoms with E-state index < -0.39 is 11.9 Å². The van der Waals surface area contributed by atoms with Crippen molar-refractivity contribution in [2.45, 2.75) is 24.0 Å². The Balaban J connectivity index is 1.41. The van der Waals surface area contributed by atoms with Crippen LogP contribution in [0.2, 0.25) is 0 Å². The highest BCUT2D eigenvalue weighted by atomic mass is 32.2. The Morgan fingerprint density at radius 2 is 1.86 bits per heavy atom. The lowest BCUT2D eigenvalue weighted by Gasteiger charge is -2.11. The van der Waals surface area contributed by atoms with E-state index in [1.807, 2.05) is 30.3 Å². The summed E-state index contributed by atoms with van der Waals surface area (Å²) >= 11 is 1.30. The molecule has 0 aliphatic carbocycles. The maximum atomic E-state index is 13.7. The summed E-state index contributed by atoms with van der Waals surface area (Å²) in [5.41, 5.74) is 0.862. The lowest BCUT2D eigenvalue weighted by Crippen LogP contribution is -2.04. The van der Waals surface area contributed by atoms with Gasteiger partial charge in [-0.25, -0.2) is 4.39 Å². The third kappa shape index (κ3) is 4.01. The summed E-state index contributed by atoms with van der Waals surface area (Å²) in [4.78, 5) is 0. The van der Waals surface area contributed by atoms with Crippen LogP contribution in [0.5, 0.6) is 5.75 Å². The minimum atomic E-state index is -0.589. The summed E-state index contributed by atoms with van der Waals surface area (Å²) in [6.45, 7) is 1.71. The molecule has 0 spiro atoms. The molecule has 10 heteroatoms. The largest absolute Gasteiger partial charge is 0.478 e. The molecule has 0 radical (unpaired) electrons. The zero-order valence-corrected chi connectivity index (χ0v) is 15.6. The molecule has 142 valence electrons. The summed E-state index contributed by atoms with van der Waals surface area (Å²) in [6.07, 6.45) is -0.589. The van der Waals surface area contributed by atoms with Crippen LogP contribution in [0.1, 0.15) is 24.7 Å². The first-order valence-corrected chi connectivity index (χ1v) is 9.39. The van der Waals surface area contributed by atoms with Crippen molar-refractivity contribution >= 4 is 11.8 Å². The summed E-state index contributed by atoms with van der Waals surface area (Å²) in [7, 11) is 0. The number of nitrogens with zero attached hydrogens (tertiary/aromatic N) is 6. The van der Waals surface area contributed by atoms with Crippen LogP contribution in [-0.2, 0) is 5.75 Å². The van der Waals surface area contributed by atoms with Gasteiger partial charge in [0.05, 0.1) is 11.4 Å². The molecule has 2 heterocycles. The first-order valence-electron chi connectivity index (χ1n) is 8.41. The molecule has 1 atom stereocenters. The fourth-order valence-electron chi connectivity index (χ4n) is 2.42. The van der Waals surface area contributed by atoms with E-state index in [9.17, 15) is 4.39 Å². The first kappa shape index (κ1) is 18.1. The lowest BCUT2D eigenvalue weighted by molar-refractivity contribution is 0.174. The van der Waals surface area contributed by atoms with Crippen molar-refractivity contribution in [1.29, 1.82) is 0 Å². The van der Waals surface area contributed by atoms with Gasteiger partial charge in [-0.1, -0.05) is 42.1 Å². The molecule has 8 nitrogen and oxygen atoms in total. The van der Waals surface area contributed by atoms with Crippen LogP contribution in [0.25, 0.3) is 5.69 Å². The van der Waals surface area contributed by atoms with Gasteiger partial charge in [0, 0.05) is 0 Å². The van der Waals surface area contributed by atoms with E-state index in [1.165, 1.54) is 17.8 Å². The van der Waals surface area contributed by atoms with Crippen molar-refractivity contribution in [1.82, 2.24) is 30.4 Å². The monoisotopic (exact) mass is 398 g/mol. The Hall–Kier alpha value is -3.27. The van der Waals surface area contributed by atoms with Crippen LogP contribution >= 0.6 is 11.8 Å². The molecule has 0 N–H and O–H groups in total. The molecule has 0 unspecified atom stereocenters. The number of ether oxygens (including phenoxy) is 1. The van der Waals surface area contributed by atoms with Crippen molar-refractivity contribution in [3.63, 3.8) is 0 Å². The second kappa shape index (κ2) is 8.17. The average Bonchev–Trinajstić information content (AvgIpc) is 3.38. The molecule has 2 aromatic carbocycles. The molecular weight excluding hydrogens is 383 g/mol. The Labute approximate surface area is 163 Å². The van der Waals surface area contributed by atoms with E-state index in [1.54, 1.807) is 29.8 Å². The lowest BCUT2D eigenvalue weighted by atomic mass is 10.3. The van der Waals surface area contributed by atoms with Crippen molar-refractivity contribution in [2.24, 2.45) is 0 Å². The highest BCUT2D eigenvalue weighted by molar-refractivity contribution is 7.98. The molecule has 0 aliphatic rings. The third-order valence-corrected chi connectivity index (χ3v) is 4.58. The maximum absolute atomic E-state index is 13.7. The van der Waals surface area contributed by atoms with Gasteiger partial charge < -0.3 is 9.15 Å². The fourth-order valence-corrected chi connectivity index (χ4v) is 3.09. The summed E-state index contributed by atoms with van der Waals surface area (Å²) in [5.74, 6) is 1.02. The molecule has 0 aliphatic heterocycles. The van der Waals surface area contributed by atoms with Crippen LogP contribution in [-0.4, -0.2) is 30.4 Å². The number of benzene rings is 2. The molecule has 0 saturated heterocycles. The number of rotatable bonds is 7. The number of hydrogen-bond acceptors (Lipinski definition) is 8. The Morgan fingerprint density at radius 1 is 1.07 bits per heavy atom. The highest BCUT2D eigenvalue weighted by Crippen LogP contribution is 2.27. The fraction of sp³-hybridized carbons (Fsp3) is 0.167. The van der Waals surface area contributed by atoms with E-state index in [0.29, 0.717) is 16.8 Å². The van der Waals surface area contributed by atoms with Gasteiger partial charge in [0.25, 0.3) is 11.1 Å². The maximum Gasteiger partial charge on any atom is 0.277 e. The number of tetrazole rings is 1. The standard InChI is InChI=1S/C18H15FN6O2S/c1-12(26-15-10-6-5-9-14(15)19)17-21-22-18(27-17)28-11-16-20-23-24-25(16)13-7-3-2-4-8-13/h2-10,12H,11H2,1H3/t12-/m0/s1. The number of thioether (sulfide) groups is 1. The second-order valence-corrected chi connectivity index (χ2v) is 6.65. The molecule has 0 fully saturated rings. The number of hydrogen-bond donors (Lipinski definition) is 0. The minimum absolute atomic E-state index is 0.129. The summed E-state index contributed by atoms with van der Waals surface area (Å²) in [6, 6.07) is 15.7. The van der Waals surface area contributed by atoms with Gasteiger partial charge in [0.1, 0.15) is 0 Å². The van der Waals surface area contributed by atoms with Crippen molar-refractivity contribution < 1.29 is 13.5 Å². The Morgan fingerprint density at radius 3 is 2.68 bits per heavy atom. The van der Waals surface area contributed by atoms with Crippen LogP contribution < -0.4 is 4.74 Å². The predicted octanol–water partition coefficient (Wildman–Crippen LogP) is 3.62. The van der Waals surface area contributed by atoms with E-state index in [4.69, 9.17) is 9.15 Å². The van der Waals surface area contributed by atoms with Gasteiger partial charge >= 0.3 is 0 Å². The van der Waals surface area contributed by atoms with Crippen molar-refractivity contribution in [3.05, 3.63) is 72.1 Å². The zero-order chi connectivity index (χ0) is 19.3.